The van der Waals surface area contributed by atoms with Crippen LogP contribution >= 0.6 is 0 Å². The number of nitrogens with zero attached hydrogens (tertiary/aromatic N) is 1. The molecule has 29 heavy (non-hydrogen) atoms. The molecule has 0 radical (unpaired) electrons. The Morgan fingerprint density at radius 2 is 1.41 bits per heavy atom. The molecule has 2 aromatic rings. The first kappa shape index (κ1) is 22.5. The van der Waals surface area contributed by atoms with E-state index in [4.69, 9.17) is 9.47 Å². The molecule has 0 unspecified atom stereocenters. The Hall–Kier alpha value is -2.82. The molecule has 0 heterocycles. The highest BCUT2D eigenvalue weighted by atomic mass is 16.6. The monoisotopic (exact) mass is 397 g/mol. The molecule has 2 aromatic carbocycles. The van der Waals surface area contributed by atoms with Crippen molar-refractivity contribution in [1.29, 1.82) is 0 Å². The van der Waals surface area contributed by atoms with Crippen LogP contribution in [0.5, 0.6) is 0 Å². The van der Waals surface area contributed by atoms with Crippen molar-refractivity contribution in [2.24, 2.45) is 0 Å². The zero-order valence-corrected chi connectivity index (χ0v) is 18.4. The van der Waals surface area contributed by atoms with Crippen molar-refractivity contribution in [2.45, 2.75) is 59.1 Å². The minimum absolute atomic E-state index is 0.0268. The van der Waals surface area contributed by atoms with E-state index in [1.54, 1.807) is 17.0 Å². The average molecular weight is 398 g/mol. The fraction of sp³-hybridized carbons (Fsp3) is 0.417. The van der Waals surface area contributed by atoms with Crippen molar-refractivity contribution in [3.05, 3.63) is 65.2 Å². The van der Waals surface area contributed by atoms with Crippen LogP contribution in [0.2, 0.25) is 0 Å². The summed E-state index contributed by atoms with van der Waals surface area (Å²) in [6, 6.07) is 15.0. The number of carbonyl (C=O) groups is 2. The van der Waals surface area contributed by atoms with E-state index in [1.165, 1.54) is 12.7 Å². The molecule has 0 bridgehead atoms. The van der Waals surface area contributed by atoms with Gasteiger partial charge in [-0.05, 0) is 61.6 Å². The molecule has 0 N–H and O–H groups in total. The molecule has 0 fully saturated rings. The first-order valence-electron chi connectivity index (χ1n) is 9.69. The summed E-state index contributed by atoms with van der Waals surface area (Å²) in [7, 11) is 1.35. The molecule has 0 saturated heterocycles. The number of amides is 1. The largest absolute Gasteiger partial charge is 0.465 e. The van der Waals surface area contributed by atoms with Gasteiger partial charge in [0.05, 0.1) is 19.2 Å². The summed E-state index contributed by atoms with van der Waals surface area (Å²) in [6.07, 6.45) is -0.418. The van der Waals surface area contributed by atoms with E-state index in [2.05, 4.69) is 20.8 Å². The average Bonchev–Trinajstić information content (AvgIpc) is 2.64. The number of anilines is 1. The third-order valence-corrected chi connectivity index (χ3v) is 4.37. The lowest BCUT2D eigenvalue weighted by Crippen LogP contribution is -2.36. The second-order valence-electron chi connectivity index (χ2n) is 9.05. The zero-order chi connectivity index (χ0) is 21.8. The van der Waals surface area contributed by atoms with Crippen LogP contribution in [0.4, 0.5) is 10.5 Å². The highest BCUT2D eigenvalue weighted by Crippen LogP contribution is 2.27. The van der Waals surface area contributed by atoms with Gasteiger partial charge < -0.3 is 9.47 Å². The minimum atomic E-state index is -0.602. The number of carbonyl (C=O) groups excluding carboxylic acids is 2. The maximum Gasteiger partial charge on any atom is 0.415 e. The second kappa shape index (κ2) is 8.68. The summed E-state index contributed by atoms with van der Waals surface area (Å²) in [5.41, 5.74) is 2.71. The molecule has 0 aliphatic heterocycles. The van der Waals surface area contributed by atoms with Crippen LogP contribution in [0.3, 0.4) is 0 Å². The number of benzene rings is 2. The Labute approximate surface area is 173 Å². The Balaban J connectivity index is 2.32. The molecular weight excluding hydrogens is 366 g/mol. The number of hydrogen-bond acceptors (Lipinski definition) is 4. The minimum Gasteiger partial charge on any atom is -0.465 e. The number of esters is 1. The van der Waals surface area contributed by atoms with E-state index in [0.717, 1.165) is 11.3 Å². The van der Waals surface area contributed by atoms with Crippen LogP contribution in [0.1, 0.15) is 63.0 Å². The standard InChI is InChI=1S/C24H31NO4/c1-23(2,3)19-12-14-20(15-13-19)25(22(27)29-24(4,5)6)16-17-8-10-18(11-9-17)21(26)28-7/h8-15H,16H2,1-7H3. The molecule has 0 aliphatic carbocycles. The zero-order valence-electron chi connectivity index (χ0n) is 18.4. The third-order valence-electron chi connectivity index (χ3n) is 4.37. The van der Waals surface area contributed by atoms with Crippen LogP contribution in [0.25, 0.3) is 0 Å². The van der Waals surface area contributed by atoms with E-state index in [1.807, 2.05) is 57.2 Å². The summed E-state index contributed by atoms with van der Waals surface area (Å²) in [5.74, 6) is -0.390. The topological polar surface area (TPSA) is 55.8 Å². The van der Waals surface area contributed by atoms with E-state index in [0.29, 0.717) is 12.1 Å². The number of methoxy groups -OCH3 is 1. The van der Waals surface area contributed by atoms with Gasteiger partial charge in [-0.15, -0.1) is 0 Å². The summed E-state index contributed by atoms with van der Waals surface area (Å²) >= 11 is 0. The Bertz CT molecular complexity index is 840. The highest BCUT2D eigenvalue weighted by molar-refractivity contribution is 5.90. The highest BCUT2D eigenvalue weighted by Gasteiger charge is 2.24. The van der Waals surface area contributed by atoms with Crippen LogP contribution in [0.15, 0.2) is 48.5 Å². The quantitative estimate of drug-likeness (QED) is 0.620. The molecule has 0 spiro atoms. The van der Waals surface area contributed by atoms with Gasteiger partial charge in [0, 0.05) is 5.69 Å². The first-order chi connectivity index (χ1) is 13.4. The fourth-order valence-corrected chi connectivity index (χ4v) is 2.77. The summed E-state index contributed by atoms with van der Waals surface area (Å²) in [6.45, 7) is 12.3. The second-order valence-corrected chi connectivity index (χ2v) is 9.05. The van der Waals surface area contributed by atoms with Crippen molar-refractivity contribution < 1.29 is 19.1 Å². The molecule has 0 atom stereocenters. The summed E-state index contributed by atoms with van der Waals surface area (Å²) in [4.78, 5) is 26.1. The van der Waals surface area contributed by atoms with Gasteiger partial charge in [0.15, 0.2) is 0 Å². The summed E-state index contributed by atoms with van der Waals surface area (Å²) < 4.78 is 10.4. The lowest BCUT2D eigenvalue weighted by Gasteiger charge is -2.28. The smallest absolute Gasteiger partial charge is 0.415 e. The van der Waals surface area contributed by atoms with E-state index >= 15 is 0 Å². The van der Waals surface area contributed by atoms with Gasteiger partial charge in [-0.1, -0.05) is 45.0 Å². The Morgan fingerprint density at radius 1 is 0.862 bits per heavy atom. The van der Waals surface area contributed by atoms with Crippen molar-refractivity contribution in [3.63, 3.8) is 0 Å². The van der Waals surface area contributed by atoms with Crippen LogP contribution in [-0.4, -0.2) is 24.8 Å². The van der Waals surface area contributed by atoms with Crippen molar-refractivity contribution in [2.75, 3.05) is 12.0 Å². The van der Waals surface area contributed by atoms with Gasteiger partial charge in [-0.2, -0.15) is 0 Å². The number of ether oxygens (including phenoxy) is 2. The van der Waals surface area contributed by atoms with Crippen LogP contribution in [0, 0.1) is 0 Å². The van der Waals surface area contributed by atoms with E-state index in [9.17, 15) is 9.59 Å². The van der Waals surface area contributed by atoms with Gasteiger partial charge in [-0.3, -0.25) is 4.90 Å². The lowest BCUT2D eigenvalue weighted by molar-refractivity contribution is 0.0573. The Kier molecular flexibility index (Phi) is 6.73. The molecule has 2 rings (SSSR count). The van der Waals surface area contributed by atoms with Gasteiger partial charge in [0.1, 0.15) is 5.60 Å². The fourth-order valence-electron chi connectivity index (χ4n) is 2.77. The first-order valence-corrected chi connectivity index (χ1v) is 9.69. The van der Waals surface area contributed by atoms with Crippen molar-refractivity contribution >= 4 is 17.7 Å². The molecule has 5 heteroatoms. The normalized spacial score (nSPS) is 11.7. The van der Waals surface area contributed by atoms with E-state index < -0.39 is 17.7 Å². The van der Waals surface area contributed by atoms with Gasteiger partial charge in [-0.25, -0.2) is 9.59 Å². The van der Waals surface area contributed by atoms with Crippen LogP contribution < -0.4 is 4.90 Å². The van der Waals surface area contributed by atoms with Crippen LogP contribution in [-0.2, 0) is 21.4 Å². The molecule has 0 saturated carbocycles. The van der Waals surface area contributed by atoms with Gasteiger partial charge >= 0.3 is 12.1 Å². The molecule has 0 aromatic heterocycles. The maximum absolute atomic E-state index is 12.9. The molecule has 5 nitrogen and oxygen atoms in total. The third kappa shape index (κ3) is 6.34. The number of hydrogen-bond donors (Lipinski definition) is 0. The van der Waals surface area contributed by atoms with Crippen molar-refractivity contribution in [3.8, 4) is 0 Å². The predicted octanol–water partition coefficient (Wildman–Crippen LogP) is 5.71. The summed E-state index contributed by atoms with van der Waals surface area (Å²) in [5, 5.41) is 0. The van der Waals surface area contributed by atoms with Crippen molar-refractivity contribution in [1.82, 2.24) is 0 Å². The van der Waals surface area contributed by atoms with Gasteiger partial charge in [0.25, 0.3) is 0 Å². The predicted molar refractivity (Wildman–Crippen MR) is 115 cm³/mol. The Morgan fingerprint density at radius 3 is 1.86 bits per heavy atom. The molecule has 0 aliphatic rings. The maximum atomic E-state index is 12.9. The van der Waals surface area contributed by atoms with Gasteiger partial charge in [0.2, 0.25) is 0 Å². The molecule has 1 amide bonds. The molecular formula is C24H31NO4. The lowest BCUT2D eigenvalue weighted by atomic mass is 9.87. The molecule has 156 valence electrons. The number of rotatable bonds is 4. The SMILES string of the molecule is COC(=O)c1ccc(CN(C(=O)OC(C)(C)C)c2ccc(C(C)(C)C)cc2)cc1. The van der Waals surface area contributed by atoms with E-state index in [-0.39, 0.29) is 5.41 Å².